The minimum absolute atomic E-state index is 0.778. The molecule has 0 aromatic heterocycles. The van der Waals surface area contributed by atoms with Crippen molar-refractivity contribution >= 4 is 0 Å². The maximum absolute atomic E-state index is 3.64. The summed E-state index contributed by atoms with van der Waals surface area (Å²) in [5.41, 5.74) is 0. The molecular weight excluding hydrogens is 220 g/mol. The SMILES string of the molecule is CC(C)CNCC1CCC1N(C)CC1CCCC1. The van der Waals surface area contributed by atoms with E-state index in [0.717, 1.165) is 23.8 Å². The van der Waals surface area contributed by atoms with E-state index in [4.69, 9.17) is 0 Å². The summed E-state index contributed by atoms with van der Waals surface area (Å²) in [6.45, 7) is 8.34. The topological polar surface area (TPSA) is 15.3 Å². The predicted molar refractivity (Wildman–Crippen MR) is 78.8 cm³/mol. The Morgan fingerprint density at radius 2 is 1.83 bits per heavy atom. The summed E-state index contributed by atoms with van der Waals surface area (Å²) in [6.07, 6.45) is 8.77. The van der Waals surface area contributed by atoms with Crippen LogP contribution in [0, 0.1) is 17.8 Å². The first-order valence-corrected chi connectivity index (χ1v) is 8.07. The summed E-state index contributed by atoms with van der Waals surface area (Å²) in [4.78, 5) is 2.67. The maximum atomic E-state index is 3.64. The van der Waals surface area contributed by atoms with E-state index < -0.39 is 0 Å². The molecule has 0 radical (unpaired) electrons. The van der Waals surface area contributed by atoms with Crippen LogP contribution in [-0.4, -0.2) is 37.6 Å². The third kappa shape index (κ3) is 3.96. The lowest BCUT2D eigenvalue weighted by molar-refractivity contribution is 0.0711. The molecule has 2 fully saturated rings. The molecule has 2 saturated carbocycles. The molecular formula is C16H32N2. The quantitative estimate of drug-likeness (QED) is 0.749. The van der Waals surface area contributed by atoms with Crippen LogP contribution >= 0.6 is 0 Å². The van der Waals surface area contributed by atoms with Crippen LogP contribution in [0.4, 0.5) is 0 Å². The minimum atomic E-state index is 0.778. The lowest BCUT2D eigenvalue weighted by Crippen LogP contribution is -2.50. The second-order valence-corrected chi connectivity index (χ2v) is 7.05. The van der Waals surface area contributed by atoms with E-state index in [9.17, 15) is 0 Å². The third-order valence-corrected chi connectivity index (χ3v) is 4.92. The average molecular weight is 252 g/mol. The summed E-state index contributed by atoms with van der Waals surface area (Å²) in [5, 5.41) is 3.64. The Kier molecular flexibility index (Phi) is 5.50. The molecule has 2 rings (SSSR count). The van der Waals surface area contributed by atoms with Gasteiger partial charge in [0.25, 0.3) is 0 Å². The number of nitrogens with zero attached hydrogens (tertiary/aromatic N) is 1. The largest absolute Gasteiger partial charge is 0.316 e. The normalized spacial score (nSPS) is 29.2. The first-order valence-electron chi connectivity index (χ1n) is 8.07. The summed E-state index contributed by atoms with van der Waals surface area (Å²) < 4.78 is 0. The van der Waals surface area contributed by atoms with E-state index in [1.165, 1.54) is 58.2 Å². The van der Waals surface area contributed by atoms with Gasteiger partial charge in [-0.15, -0.1) is 0 Å². The number of nitrogens with one attached hydrogen (secondary N) is 1. The molecule has 2 aliphatic carbocycles. The van der Waals surface area contributed by atoms with Crippen LogP contribution in [-0.2, 0) is 0 Å². The average Bonchev–Trinajstić information content (AvgIpc) is 2.74. The second kappa shape index (κ2) is 6.91. The van der Waals surface area contributed by atoms with Crippen LogP contribution in [0.1, 0.15) is 52.4 Å². The van der Waals surface area contributed by atoms with Gasteiger partial charge in [-0.1, -0.05) is 26.7 Å². The van der Waals surface area contributed by atoms with Crippen LogP contribution in [0.25, 0.3) is 0 Å². The first kappa shape index (κ1) is 14.3. The van der Waals surface area contributed by atoms with Gasteiger partial charge in [-0.25, -0.2) is 0 Å². The van der Waals surface area contributed by atoms with Crippen LogP contribution in [0.3, 0.4) is 0 Å². The standard InChI is InChI=1S/C16H32N2/c1-13(2)10-17-11-15-8-9-16(15)18(3)12-14-6-4-5-7-14/h13-17H,4-12H2,1-3H3. The van der Waals surface area contributed by atoms with Gasteiger partial charge in [0.1, 0.15) is 0 Å². The van der Waals surface area contributed by atoms with E-state index in [2.05, 4.69) is 31.1 Å². The van der Waals surface area contributed by atoms with Crippen molar-refractivity contribution in [1.29, 1.82) is 0 Å². The molecule has 106 valence electrons. The molecule has 0 spiro atoms. The van der Waals surface area contributed by atoms with E-state index in [1.807, 2.05) is 0 Å². The van der Waals surface area contributed by atoms with Gasteiger partial charge in [-0.2, -0.15) is 0 Å². The predicted octanol–water partition coefficient (Wildman–Crippen LogP) is 3.13. The summed E-state index contributed by atoms with van der Waals surface area (Å²) in [5.74, 6) is 2.69. The van der Waals surface area contributed by atoms with Crippen LogP contribution in [0.2, 0.25) is 0 Å². The van der Waals surface area contributed by atoms with Gasteiger partial charge in [0, 0.05) is 12.6 Å². The van der Waals surface area contributed by atoms with Gasteiger partial charge in [0.15, 0.2) is 0 Å². The number of rotatable bonds is 7. The molecule has 1 N–H and O–H groups in total. The van der Waals surface area contributed by atoms with Crippen molar-refractivity contribution in [3.05, 3.63) is 0 Å². The Balaban J connectivity index is 1.65. The highest BCUT2D eigenvalue weighted by Gasteiger charge is 2.34. The summed E-state index contributed by atoms with van der Waals surface area (Å²) >= 11 is 0. The van der Waals surface area contributed by atoms with Crippen molar-refractivity contribution in [3.63, 3.8) is 0 Å². The van der Waals surface area contributed by atoms with Crippen molar-refractivity contribution in [2.24, 2.45) is 17.8 Å². The highest BCUT2D eigenvalue weighted by Crippen LogP contribution is 2.33. The van der Waals surface area contributed by atoms with E-state index in [1.54, 1.807) is 0 Å². The molecule has 2 nitrogen and oxygen atoms in total. The summed E-state index contributed by atoms with van der Waals surface area (Å²) in [7, 11) is 2.36. The van der Waals surface area contributed by atoms with Crippen molar-refractivity contribution < 1.29 is 0 Å². The molecule has 0 bridgehead atoms. The second-order valence-electron chi connectivity index (χ2n) is 7.05. The van der Waals surface area contributed by atoms with Gasteiger partial charge >= 0.3 is 0 Å². The summed E-state index contributed by atoms with van der Waals surface area (Å²) in [6, 6.07) is 0.866. The first-order chi connectivity index (χ1) is 8.66. The maximum Gasteiger partial charge on any atom is 0.0133 e. The molecule has 2 aliphatic rings. The van der Waals surface area contributed by atoms with E-state index in [0.29, 0.717) is 0 Å². The molecule has 0 heterocycles. The number of hydrogen-bond acceptors (Lipinski definition) is 2. The Bertz CT molecular complexity index is 233. The van der Waals surface area contributed by atoms with Gasteiger partial charge in [0.2, 0.25) is 0 Å². The number of hydrogen-bond donors (Lipinski definition) is 1. The van der Waals surface area contributed by atoms with Crippen LogP contribution in [0.5, 0.6) is 0 Å². The Hall–Kier alpha value is -0.0800. The molecule has 18 heavy (non-hydrogen) atoms. The van der Waals surface area contributed by atoms with Gasteiger partial charge in [-0.05, 0) is 63.6 Å². The third-order valence-electron chi connectivity index (χ3n) is 4.92. The highest BCUT2D eigenvalue weighted by molar-refractivity contribution is 4.90. The van der Waals surface area contributed by atoms with Crippen LogP contribution < -0.4 is 5.32 Å². The van der Waals surface area contributed by atoms with Gasteiger partial charge < -0.3 is 10.2 Å². The van der Waals surface area contributed by atoms with Crippen molar-refractivity contribution in [1.82, 2.24) is 10.2 Å². The molecule has 0 saturated heterocycles. The molecule has 2 atom stereocenters. The zero-order valence-electron chi connectivity index (χ0n) is 12.6. The zero-order valence-corrected chi connectivity index (χ0v) is 12.6. The van der Waals surface area contributed by atoms with E-state index in [-0.39, 0.29) is 0 Å². The fraction of sp³-hybridized carbons (Fsp3) is 1.00. The van der Waals surface area contributed by atoms with Gasteiger partial charge in [0.05, 0.1) is 0 Å². The minimum Gasteiger partial charge on any atom is -0.316 e. The fourth-order valence-corrected chi connectivity index (χ4v) is 3.66. The lowest BCUT2D eigenvalue weighted by Gasteiger charge is -2.44. The molecule has 0 aliphatic heterocycles. The molecule has 0 amide bonds. The molecule has 0 aromatic carbocycles. The van der Waals surface area contributed by atoms with Gasteiger partial charge in [-0.3, -0.25) is 0 Å². The molecule has 2 heteroatoms. The van der Waals surface area contributed by atoms with Crippen LogP contribution in [0.15, 0.2) is 0 Å². The smallest absolute Gasteiger partial charge is 0.0133 e. The molecule has 2 unspecified atom stereocenters. The van der Waals surface area contributed by atoms with E-state index >= 15 is 0 Å². The highest BCUT2D eigenvalue weighted by atomic mass is 15.1. The zero-order chi connectivity index (χ0) is 13.0. The van der Waals surface area contributed by atoms with Crippen molar-refractivity contribution in [2.75, 3.05) is 26.7 Å². The van der Waals surface area contributed by atoms with Crippen molar-refractivity contribution in [3.8, 4) is 0 Å². The molecule has 0 aromatic rings. The Labute approximate surface area is 114 Å². The Morgan fingerprint density at radius 3 is 2.39 bits per heavy atom. The monoisotopic (exact) mass is 252 g/mol. The van der Waals surface area contributed by atoms with Crippen molar-refractivity contribution in [2.45, 2.75) is 58.4 Å². The fourth-order valence-electron chi connectivity index (χ4n) is 3.66. The lowest BCUT2D eigenvalue weighted by atomic mass is 9.78. The Morgan fingerprint density at radius 1 is 1.11 bits per heavy atom.